The van der Waals surface area contributed by atoms with Crippen LogP contribution in [0.25, 0.3) is 0 Å². The summed E-state index contributed by atoms with van der Waals surface area (Å²) in [6.07, 6.45) is 5.42. The number of hydrogen-bond acceptors (Lipinski definition) is 2. The molecule has 68 valence electrons. The minimum absolute atomic E-state index is 0.504. The van der Waals surface area contributed by atoms with Crippen LogP contribution in [-0.4, -0.2) is 18.8 Å². The fourth-order valence-corrected chi connectivity index (χ4v) is 0.629. The van der Waals surface area contributed by atoms with Crippen LogP contribution < -0.4 is 5.32 Å². The molecule has 0 aliphatic heterocycles. The Labute approximate surface area is 75.1 Å². The Kier molecular flexibility index (Phi) is 6.29. The molecule has 0 aromatic rings. The lowest BCUT2D eigenvalue weighted by atomic mass is 10.3. The second-order valence-electron chi connectivity index (χ2n) is 2.92. The Morgan fingerprint density at radius 3 is 2.75 bits per heavy atom. The number of aliphatic imine (C=N–C) groups is 1. The molecule has 0 aromatic carbocycles. The summed E-state index contributed by atoms with van der Waals surface area (Å²) in [6, 6.07) is 0.504. The van der Waals surface area contributed by atoms with Crippen molar-refractivity contribution < 1.29 is 0 Å². The minimum atomic E-state index is 0.504. The fourth-order valence-electron chi connectivity index (χ4n) is 0.629. The van der Waals surface area contributed by atoms with E-state index in [1.54, 1.807) is 12.4 Å². The molecule has 0 saturated heterocycles. The fraction of sp³-hybridized carbons (Fsp3) is 0.500. The van der Waals surface area contributed by atoms with Crippen molar-refractivity contribution in [3.05, 3.63) is 24.4 Å². The average Bonchev–Trinajstić information content (AvgIpc) is 2.01. The molecule has 0 aliphatic rings. The van der Waals surface area contributed by atoms with Crippen molar-refractivity contribution in [3.8, 4) is 0 Å². The standard InChI is InChI=1S/C10H18N2/c1-5-11-7-6-10(4)8-12-9(2)3/h5-7,9,12H,4,8H2,1-3H3/b7-6-,11-5-. The van der Waals surface area contributed by atoms with Gasteiger partial charge in [-0.1, -0.05) is 20.4 Å². The van der Waals surface area contributed by atoms with Gasteiger partial charge in [0.25, 0.3) is 0 Å². The molecule has 1 N–H and O–H groups in total. The van der Waals surface area contributed by atoms with Crippen LogP contribution in [0.5, 0.6) is 0 Å². The highest BCUT2D eigenvalue weighted by molar-refractivity contribution is 5.54. The molecule has 0 unspecified atom stereocenters. The third kappa shape index (κ3) is 7.22. The van der Waals surface area contributed by atoms with Gasteiger partial charge in [-0.05, 0) is 18.6 Å². The summed E-state index contributed by atoms with van der Waals surface area (Å²) in [6.45, 7) is 10.8. The number of rotatable bonds is 5. The van der Waals surface area contributed by atoms with Crippen LogP contribution in [0.4, 0.5) is 0 Å². The molecule has 0 fully saturated rings. The molecule has 0 atom stereocenters. The Hall–Kier alpha value is -0.890. The van der Waals surface area contributed by atoms with E-state index in [0.717, 1.165) is 12.1 Å². The van der Waals surface area contributed by atoms with Gasteiger partial charge in [-0.2, -0.15) is 0 Å². The summed E-state index contributed by atoms with van der Waals surface area (Å²) in [5.41, 5.74) is 1.05. The minimum Gasteiger partial charge on any atom is -0.310 e. The van der Waals surface area contributed by atoms with Crippen molar-refractivity contribution in [3.63, 3.8) is 0 Å². The molecule has 0 saturated carbocycles. The van der Waals surface area contributed by atoms with Crippen LogP contribution in [0.2, 0.25) is 0 Å². The monoisotopic (exact) mass is 166 g/mol. The lowest BCUT2D eigenvalue weighted by molar-refractivity contribution is 0.626. The van der Waals surface area contributed by atoms with Crippen LogP contribution in [0.15, 0.2) is 29.4 Å². The van der Waals surface area contributed by atoms with Gasteiger partial charge in [0.05, 0.1) is 0 Å². The van der Waals surface area contributed by atoms with Gasteiger partial charge in [-0.3, -0.25) is 4.99 Å². The van der Waals surface area contributed by atoms with E-state index in [0.29, 0.717) is 6.04 Å². The van der Waals surface area contributed by atoms with E-state index in [2.05, 4.69) is 30.7 Å². The molecular formula is C10H18N2. The highest BCUT2D eigenvalue weighted by Crippen LogP contribution is 1.91. The zero-order valence-electron chi connectivity index (χ0n) is 8.17. The maximum atomic E-state index is 3.94. The molecule has 0 spiro atoms. The summed E-state index contributed by atoms with van der Waals surface area (Å²) in [5, 5.41) is 3.27. The highest BCUT2D eigenvalue weighted by atomic mass is 14.9. The van der Waals surface area contributed by atoms with E-state index < -0.39 is 0 Å². The van der Waals surface area contributed by atoms with Gasteiger partial charge >= 0.3 is 0 Å². The maximum absolute atomic E-state index is 3.94. The summed E-state index contributed by atoms with van der Waals surface area (Å²) in [5.74, 6) is 0. The van der Waals surface area contributed by atoms with Crippen molar-refractivity contribution >= 4 is 6.21 Å². The van der Waals surface area contributed by atoms with Crippen molar-refractivity contribution in [1.82, 2.24) is 5.32 Å². The predicted molar refractivity (Wildman–Crippen MR) is 55.6 cm³/mol. The lowest BCUT2D eigenvalue weighted by Gasteiger charge is -2.06. The molecule has 0 amide bonds. The van der Waals surface area contributed by atoms with E-state index in [-0.39, 0.29) is 0 Å². The Balaban J connectivity index is 3.59. The van der Waals surface area contributed by atoms with Crippen molar-refractivity contribution in [2.24, 2.45) is 4.99 Å². The molecule has 0 bridgehead atoms. The number of nitrogens with one attached hydrogen (secondary N) is 1. The van der Waals surface area contributed by atoms with E-state index in [9.17, 15) is 0 Å². The first-order valence-corrected chi connectivity index (χ1v) is 4.22. The summed E-state index contributed by atoms with van der Waals surface area (Å²) < 4.78 is 0. The summed E-state index contributed by atoms with van der Waals surface area (Å²) in [7, 11) is 0. The predicted octanol–water partition coefficient (Wildman–Crippen LogP) is 2.14. The van der Waals surface area contributed by atoms with Gasteiger partial charge in [0, 0.05) is 25.0 Å². The normalized spacial score (nSPS) is 12.0. The van der Waals surface area contributed by atoms with Gasteiger partial charge in [-0.25, -0.2) is 0 Å². The van der Waals surface area contributed by atoms with Crippen LogP contribution in [0.3, 0.4) is 0 Å². The van der Waals surface area contributed by atoms with Crippen molar-refractivity contribution in [2.45, 2.75) is 26.8 Å². The Morgan fingerprint density at radius 2 is 2.25 bits per heavy atom. The Morgan fingerprint density at radius 1 is 1.58 bits per heavy atom. The zero-order valence-corrected chi connectivity index (χ0v) is 8.17. The molecule has 2 heteroatoms. The van der Waals surface area contributed by atoms with Crippen LogP contribution in [0, 0.1) is 0 Å². The van der Waals surface area contributed by atoms with Gasteiger partial charge in [0.1, 0.15) is 0 Å². The second-order valence-corrected chi connectivity index (χ2v) is 2.92. The lowest BCUT2D eigenvalue weighted by Crippen LogP contribution is -2.24. The molecule has 0 radical (unpaired) electrons. The van der Waals surface area contributed by atoms with Gasteiger partial charge < -0.3 is 5.32 Å². The van der Waals surface area contributed by atoms with Crippen molar-refractivity contribution in [1.29, 1.82) is 0 Å². The summed E-state index contributed by atoms with van der Waals surface area (Å²) in [4.78, 5) is 3.94. The maximum Gasteiger partial charge on any atom is 0.0266 e. The van der Waals surface area contributed by atoms with Crippen LogP contribution in [-0.2, 0) is 0 Å². The molecular weight excluding hydrogens is 148 g/mol. The third-order valence-electron chi connectivity index (χ3n) is 1.28. The molecule has 0 aliphatic carbocycles. The first kappa shape index (κ1) is 11.1. The average molecular weight is 166 g/mol. The zero-order chi connectivity index (χ0) is 9.40. The van der Waals surface area contributed by atoms with Crippen LogP contribution in [0.1, 0.15) is 20.8 Å². The van der Waals surface area contributed by atoms with Crippen LogP contribution >= 0.6 is 0 Å². The largest absolute Gasteiger partial charge is 0.310 e. The van der Waals surface area contributed by atoms with E-state index in [4.69, 9.17) is 0 Å². The number of hydrogen-bond donors (Lipinski definition) is 1. The molecule has 0 aromatic heterocycles. The molecule has 0 rings (SSSR count). The molecule has 12 heavy (non-hydrogen) atoms. The van der Waals surface area contributed by atoms with Gasteiger partial charge in [-0.15, -0.1) is 0 Å². The second kappa shape index (κ2) is 6.80. The smallest absolute Gasteiger partial charge is 0.0266 e. The first-order chi connectivity index (χ1) is 5.66. The number of nitrogens with zero attached hydrogens (tertiary/aromatic N) is 1. The van der Waals surface area contributed by atoms with E-state index in [1.165, 1.54) is 0 Å². The molecule has 2 nitrogen and oxygen atoms in total. The Bertz CT molecular complexity index is 178. The third-order valence-corrected chi connectivity index (χ3v) is 1.28. The summed E-state index contributed by atoms with van der Waals surface area (Å²) >= 11 is 0. The quantitative estimate of drug-likeness (QED) is 0.491. The SMILES string of the molecule is C=C(/C=C\N=C/C)CNC(C)C. The molecule has 0 heterocycles. The highest BCUT2D eigenvalue weighted by Gasteiger charge is 1.91. The van der Waals surface area contributed by atoms with Gasteiger partial charge in [0.2, 0.25) is 0 Å². The van der Waals surface area contributed by atoms with E-state index in [1.807, 2.05) is 13.0 Å². The van der Waals surface area contributed by atoms with Gasteiger partial charge in [0.15, 0.2) is 0 Å². The van der Waals surface area contributed by atoms with Crippen molar-refractivity contribution in [2.75, 3.05) is 6.54 Å². The van der Waals surface area contributed by atoms with E-state index >= 15 is 0 Å². The topological polar surface area (TPSA) is 24.4 Å². The first-order valence-electron chi connectivity index (χ1n) is 4.22.